The van der Waals surface area contributed by atoms with Crippen molar-refractivity contribution in [2.45, 2.75) is 32.4 Å². The van der Waals surface area contributed by atoms with Gasteiger partial charge >= 0.3 is 0 Å². The number of nitrogens with zero attached hydrogens (tertiary/aromatic N) is 1. The lowest BCUT2D eigenvalue weighted by Crippen LogP contribution is -2.37. The number of rotatable bonds is 2. The third-order valence-corrected chi connectivity index (χ3v) is 4.65. The smallest absolute Gasteiger partial charge is 0.157 e. The molecule has 1 aliphatic rings. The quantitative estimate of drug-likeness (QED) is 0.868. The van der Waals surface area contributed by atoms with Crippen molar-refractivity contribution >= 4 is 40.1 Å². The highest BCUT2D eigenvalue weighted by Crippen LogP contribution is 2.30. The van der Waals surface area contributed by atoms with Gasteiger partial charge in [0.05, 0.1) is 6.04 Å². The van der Waals surface area contributed by atoms with Gasteiger partial charge < -0.3 is 5.32 Å². The Hall–Kier alpha value is -0.380. The molecular formula is C13H16Cl2N2S. The molecule has 1 fully saturated rings. The fraction of sp³-hybridized carbons (Fsp3) is 0.462. The Kier molecular flexibility index (Phi) is 4.15. The van der Waals surface area contributed by atoms with Crippen molar-refractivity contribution in [3.8, 4) is 0 Å². The molecule has 0 bridgehead atoms. The van der Waals surface area contributed by atoms with Crippen molar-refractivity contribution in [3.63, 3.8) is 0 Å². The third kappa shape index (κ3) is 3.34. The van der Waals surface area contributed by atoms with Crippen molar-refractivity contribution in [1.82, 2.24) is 5.32 Å². The number of aliphatic imine (C=N–C) groups is 1. The number of halogens is 2. The summed E-state index contributed by atoms with van der Waals surface area (Å²) in [5, 5.41) is 5.71. The first kappa shape index (κ1) is 14.0. The SMILES string of the molecule is CC(N=C1NC(C)(C)CS1)c1ccc(Cl)cc1Cl. The summed E-state index contributed by atoms with van der Waals surface area (Å²) in [7, 11) is 0. The summed E-state index contributed by atoms with van der Waals surface area (Å²) in [6.45, 7) is 6.38. The summed E-state index contributed by atoms with van der Waals surface area (Å²) in [6, 6.07) is 5.57. The van der Waals surface area contributed by atoms with Crippen LogP contribution >= 0.6 is 35.0 Å². The minimum Gasteiger partial charge on any atom is -0.359 e. The Morgan fingerprint density at radius 1 is 1.39 bits per heavy atom. The highest BCUT2D eigenvalue weighted by molar-refractivity contribution is 8.14. The fourth-order valence-electron chi connectivity index (χ4n) is 1.77. The largest absolute Gasteiger partial charge is 0.359 e. The van der Waals surface area contributed by atoms with Crippen LogP contribution in [0.2, 0.25) is 10.0 Å². The van der Waals surface area contributed by atoms with E-state index >= 15 is 0 Å². The number of thioether (sulfide) groups is 1. The lowest BCUT2D eigenvalue weighted by molar-refractivity contribution is 0.535. The number of amidine groups is 1. The molecule has 1 heterocycles. The van der Waals surface area contributed by atoms with Gasteiger partial charge in [-0.2, -0.15) is 0 Å². The van der Waals surface area contributed by atoms with Crippen LogP contribution in [0, 0.1) is 0 Å². The van der Waals surface area contributed by atoms with Crippen molar-refractivity contribution in [2.75, 3.05) is 5.75 Å². The van der Waals surface area contributed by atoms with Crippen LogP contribution in [0.3, 0.4) is 0 Å². The predicted molar refractivity (Wildman–Crippen MR) is 82.0 cm³/mol. The van der Waals surface area contributed by atoms with E-state index in [9.17, 15) is 0 Å². The zero-order chi connectivity index (χ0) is 13.3. The van der Waals surface area contributed by atoms with E-state index in [0.717, 1.165) is 16.5 Å². The van der Waals surface area contributed by atoms with Gasteiger partial charge in [-0.15, -0.1) is 0 Å². The zero-order valence-electron chi connectivity index (χ0n) is 10.6. The highest BCUT2D eigenvalue weighted by atomic mass is 35.5. The van der Waals surface area contributed by atoms with Crippen LogP contribution in [0.25, 0.3) is 0 Å². The maximum absolute atomic E-state index is 6.18. The van der Waals surface area contributed by atoms with Crippen molar-refractivity contribution in [2.24, 2.45) is 4.99 Å². The lowest BCUT2D eigenvalue weighted by atomic mass is 10.1. The van der Waals surface area contributed by atoms with Crippen LogP contribution in [-0.4, -0.2) is 16.5 Å². The molecule has 18 heavy (non-hydrogen) atoms. The molecule has 0 spiro atoms. The van der Waals surface area contributed by atoms with Crippen molar-refractivity contribution in [3.05, 3.63) is 33.8 Å². The molecule has 0 saturated carbocycles. The standard InChI is InChI=1S/C13H16Cl2N2S/c1-8(10-5-4-9(14)6-11(10)15)16-12-17-13(2,3)7-18-12/h4-6,8H,7H2,1-3H3,(H,16,17). The van der Waals surface area contributed by atoms with Gasteiger partial charge in [-0.1, -0.05) is 41.0 Å². The van der Waals surface area contributed by atoms with Crippen LogP contribution in [0.1, 0.15) is 32.4 Å². The summed E-state index contributed by atoms with van der Waals surface area (Å²) < 4.78 is 0. The van der Waals surface area contributed by atoms with Crippen molar-refractivity contribution in [1.29, 1.82) is 0 Å². The molecule has 0 radical (unpaired) electrons. The first-order valence-corrected chi connectivity index (χ1v) is 7.55. The van der Waals surface area contributed by atoms with Gasteiger partial charge in [0.1, 0.15) is 0 Å². The van der Waals surface area contributed by atoms with Gasteiger partial charge in [0, 0.05) is 21.3 Å². The molecule has 1 unspecified atom stereocenters. The molecule has 1 saturated heterocycles. The summed E-state index contributed by atoms with van der Waals surface area (Å²) in [5.41, 5.74) is 1.12. The molecule has 0 amide bonds. The minimum absolute atomic E-state index is 0.0265. The van der Waals surface area contributed by atoms with Gasteiger partial charge in [-0.25, -0.2) is 0 Å². The normalized spacial score (nSPS) is 21.9. The van der Waals surface area contributed by atoms with Gasteiger partial charge in [0.25, 0.3) is 0 Å². The van der Waals surface area contributed by atoms with E-state index in [0.29, 0.717) is 10.0 Å². The first-order valence-electron chi connectivity index (χ1n) is 5.81. The summed E-state index contributed by atoms with van der Waals surface area (Å²) in [6.07, 6.45) is 0. The average Bonchev–Trinajstić information content (AvgIpc) is 2.57. The molecule has 1 atom stereocenters. The molecular weight excluding hydrogens is 287 g/mol. The molecule has 1 aromatic carbocycles. The van der Waals surface area contributed by atoms with Gasteiger partial charge in [0.15, 0.2) is 5.17 Å². The fourth-order valence-corrected chi connectivity index (χ4v) is 3.48. The molecule has 1 N–H and O–H groups in total. The minimum atomic E-state index is 0.0265. The van der Waals surface area contributed by atoms with Crippen LogP contribution in [0.5, 0.6) is 0 Å². The lowest BCUT2D eigenvalue weighted by Gasteiger charge is -2.16. The summed E-state index contributed by atoms with van der Waals surface area (Å²) in [4.78, 5) is 4.67. The monoisotopic (exact) mass is 302 g/mol. The molecule has 1 aliphatic heterocycles. The Balaban J connectivity index is 2.17. The second kappa shape index (κ2) is 5.32. The third-order valence-electron chi connectivity index (χ3n) is 2.74. The molecule has 2 rings (SSSR count). The Morgan fingerprint density at radius 3 is 2.67 bits per heavy atom. The Bertz CT molecular complexity index is 486. The van der Waals surface area contributed by atoms with Crippen LogP contribution in [0.4, 0.5) is 0 Å². The van der Waals surface area contributed by atoms with Crippen LogP contribution in [-0.2, 0) is 0 Å². The maximum atomic E-state index is 6.18. The molecule has 0 aromatic heterocycles. The van der Waals surface area contributed by atoms with E-state index in [-0.39, 0.29) is 11.6 Å². The number of nitrogens with one attached hydrogen (secondary N) is 1. The number of hydrogen-bond donors (Lipinski definition) is 1. The highest BCUT2D eigenvalue weighted by Gasteiger charge is 2.27. The van der Waals surface area contributed by atoms with Crippen molar-refractivity contribution < 1.29 is 0 Å². The summed E-state index contributed by atoms with van der Waals surface area (Å²) in [5.74, 6) is 1.03. The number of benzene rings is 1. The average molecular weight is 303 g/mol. The van der Waals surface area contributed by atoms with E-state index in [1.165, 1.54) is 0 Å². The first-order chi connectivity index (χ1) is 8.37. The molecule has 98 valence electrons. The summed E-state index contributed by atoms with van der Waals surface area (Å²) >= 11 is 13.8. The maximum Gasteiger partial charge on any atom is 0.157 e. The predicted octanol–water partition coefficient (Wildman–Crippen LogP) is 4.53. The van der Waals surface area contributed by atoms with Gasteiger partial charge in [-0.3, -0.25) is 4.99 Å². The van der Waals surface area contributed by atoms with Gasteiger partial charge in [0.2, 0.25) is 0 Å². The molecule has 0 aliphatic carbocycles. The Morgan fingerprint density at radius 2 is 2.11 bits per heavy atom. The second-order valence-electron chi connectivity index (χ2n) is 5.07. The van der Waals surface area contributed by atoms with Crippen LogP contribution < -0.4 is 5.32 Å². The van der Waals surface area contributed by atoms with E-state index < -0.39 is 0 Å². The number of hydrogen-bond acceptors (Lipinski definition) is 2. The molecule has 2 nitrogen and oxygen atoms in total. The van der Waals surface area contributed by atoms with E-state index in [2.05, 4.69) is 24.2 Å². The van der Waals surface area contributed by atoms with E-state index in [1.807, 2.05) is 19.1 Å². The van der Waals surface area contributed by atoms with Crippen LogP contribution in [0.15, 0.2) is 23.2 Å². The molecule has 5 heteroatoms. The van der Waals surface area contributed by atoms with E-state index in [4.69, 9.17) is 23.2 Å². The molecule has 1 aromatic rings. The van der Waals surface area contributed by atoms with Gasteiger partial charge in [-0.05, 0) is 38.5 Å². The second-order valence-corrected chi connectivity index (χ2v) is 6.88. The zero-order valence-corrected chi connectivity index (χ0v) is 13.0. The van der Waals surface area contributed by atoms with E-state index in [1.54, 1.807) is 17.8 Å². The Labute approximate surface area is 122 Å². The topological polar surface area (TPSA) is 24.4 Å².